The quantitative estimate of drug-likeness (QED) is 0.783. The Kier molecular flexibility index (Phi) is 5.84. The first-order valence-corrected chi connectivity index (χ1v) is 10.8. The zero-order valence-corrected chi connectivity index (χ0v) is 17.9. The highest BCUT2D eigenvalue weighted by Crippen LogP contribution is 2.50. The number of piperidine rings is 1. The molecule has 29 heavy (non-hydrogen) atoms. The van der Waals surface area contributed by atoms with E-state index >= 15 is 0 Å². The van der Waals surface area contributed by atoms with E-state index in [9.17, 15) is 5.11 Å². The second-order valence-corrected chi connectivity index (χ2v) is 8.72. The predicted octanol–water partition coefficient (Wildman–Crippen LogP) is 4.88. The average Bonchev–Trinajstić information content (AvgIpc) is 2.74. The van der Waals surface area contributed by atoms with Crippen LogP contribution in [0.2, 0.25) is 0 Å². The van der Waals surface area contributed by atoms with E-state index in [1.807, 2.05) is 6.07 Å². The molecule has 2 fully saturated rings. The molecule has 3 atom stereocenters. The Morgan fingerprint density at radius 3 is 2.48 bits per heavy atom. The van der Waals surface area contributed by atoms with Crippen molar-refractivity contribution in [2.24, 2.45) is 5.92 Å². The van der Waals surface area contributed by atoms with Crippen LogP contribution in [0.3, 0.4) is 0 Å². The highest BCUT2D eigenvalue weighted by molar-refractivity contribution is 5.44. The van der Waals surface area contributed by atoms with Crippen LogP contribution in [0.5, 0.6) is 11.5 Å². The first-order valence-electron chi connectivity index (χ1n) is 10.8. The molecule has 1 N–H and O–H groups in total. The average molecular weight is 396 g/mol. The summed E-state index contributed by atoms with van der Waals surface area (Å²) < 4.78 is 11.0. The van der Waals surface area contributed by atoms with Gasteiger partial charge in [0.15, 0.2) is 11.5 Å². The molecule has 0 bridgehead atoms. The van der Waals surface area contributed by atoms with Crippen molar-refractivity contribution in [2.45, 2.75) is 57.2 Å². The maximum Gasteiger partial charge on any atom is 0.161 e. The summed E-state index contributed by atoms with van der Waals surface area (Å²) in [5.74, 6) is 1.75. The molecule has 1 aliphatic heterocycles. The summed E-state index contributed by atoms with van der Waals surface area (Å²) in [5, 5.41) is 11.5. The summed E-state index contributed by atoms with van der Waals surface area (Å²) in [6.07, 6.45) is 5.16. The highest BCUT2D eigenvalue weighted by Gasteiger charge is 2.48. The smallest absolute Gasteiger partial charge is 0.161 e. The summed E-state index contributed by atoms with van der Waals surface area (Å²) in [6.45, 7) is 3.92. The lowest BCUT2D eigenvalue weighted by molar-refractivity contribution is -0.126. The number of aliphatic hydroxyl groups is 1. The third kappa shape index (κ3) is 4.01. The fourth-order valence-corrected chi connectivity index (χ4v) is 5.33. The molecule has 0 radical (unpaired) electrons. The van der Waals surface area contributed by atoms with E-state index < -0.39 is 5.60 Å². The van der Waals surface area contributed by atoms with Crippen molar-refractivity contribution in [3.8, 4) is 11.5 Å². The molecule has 0 spiro atoms. The van der Waals surface area contributed by atoms with Crippen molar-refractivity contribution >= 4 is 0 Å². The fraction of sp³-hybridized carbons (Fsp3) is 0.520. The fourth-order valence-electron chi connectivity index (χ4n) is 5.33. The Hall–Kier alpha value is -2.04. The zero-order valence-electron chi connectivity index (χ0n) is 17.9. The molecule has 4 heteroatoms. The lowest BCUT2D eigenvalue weighted by Crippen LogP contribution is -2.54. The van der Waals surface area contributed by atoms with Crippen molar-refractivity contribution in [1.29, 1.82) is 0 Å². The van der Waals surface area contributed by atoms with Gasteiger partial charge in [-0.25, -0.2) is 0 Å². The van der Waals surface area contributed by atoms with E-state index in [2.05, 4.69) is 48.2 Å². The van der Waals surface area contributed by atoms with Crippen LogP contribution in [0.15, 0.2) is 42.5 Å². The van der Waals surface area contributed by atoms with Crippen molar-refractivity contribution in [2.75, 3.05) is 20.8 Å². The monoisotopic (exact) mass is 395 g/mol. The molecule has 0 unspecified atom stereocenters. The molecule has 1 heterocycles. The molecule has 0 amide bonds. The minimum absolute atomic E-state index is 0.176. The Balaban J connectivity index is 1.71. The minimum atomic E-state index is -0.556. The number of nitrogens with zero attached hydrogens (tertiary/aromatic N) is 1. The summed E-state index contributed by atoms with van der Waals surface area (Å²) in [4.78, 5) is 2.55. The Bertz CT molecular complexity index is 834. The van der Waals surface area contributed by atoms with Gasteiger partial charge in [-0.1, -0.05) is 48.7 Å². The number of fused-ring (bicyclic) bond motifs is 1. The van der Waals surface area contributed by atoms with E-state index in [4.69, 9.17) is 9.47 Å². The summed E-state index contributed by atoms with van der Waals surface area (Å²) in [6, 6.07) is 15.2. The van der Waals surface area contributed by atoms with Gasteiger partial charge in [-0.15, -0.1) is 0 Å². The number of hydrogen-bond acceptors (Lipinski definition) is 4. The van der Waals surface area contributed by atoms with Gasteiger partial charge >= 0.3 is 0 Å². The maximum absolute atomic E-state index is 11.5. The van der Waals surface area contributed by atoms with E-state index in [0.717, 1.165) is 50.3 Å². The first-order chi connectivity index (χ1) is 14.0. The minimum Gasteiger partial charge on any atom is -0.493 e. The van der Waals surface area contributed by atoms with Gasteiger partial charge in [-0.3, -0.25) is 4.90 Å². The Morgan fingerprint density at radius 1 is 1.00 bits per heavy atom. The van der Waals surface area contributed by atoms with Gasteiger partial charge in [0.25, 0.3) is 0 Å². The van der Waals surface area contributed by atoms with Crippen molar-refractivity contribution in [3.63, 3.8) is 0 Å². The van der Waals surface area contributed by atoms with Crippen LogP contribution in [0.1, 0.15) is 54.8 Å². The molecule has 1 aliphatic carbocycles. The maximum atomic E-state index is 11.5. The number of likely N-dealkylation sites (tertiary alicyclic amines) is 1. The first kappa shape index (κ1) is 20.2. The number of ether oxygens (including phenoxy) is 2. The molecule has 4 nitrogen and oxygen atoms in total. The molecule has 1 saturated carbocycles. The van der Waals surface area contributed by atoms with E-state index in [0.29, 0.717) is 0 Å². The number of benzene rings is 2. The van der Waals surface area contributed by atoms with Gasteiger partial charge in [0.1, 0.15) is 0 Å². The lowest BCUT2D eigenvalue weighted by atomic mass is 9.66. The van der Waals surface area contributed by atoms with Gasteiger partial charge in [0, 0.05) is 25.0 Å². The third-order valence-corrected chi connectivity index (χ3v) is 6.93. The summed E-state index contributed by atoms with van der Waals surface area (Å²) in [7, 11) is 3.35. The van der Waals surface area contributed by atoms with Gasteiger partial charge in [0.05, 0.1) is 19.8 Å². The van der Waals surface area contributed by atoms with Gasteiger partial charge < -0.3 is 14.6 Å². The van der Waals surface area contributed by atoms with Crippen molar-refractivity contribution < 1.29 is 14.6 Å². The summed E-state index contributed by atoms with van der Waals surface area (Å²) in [5.41, 5.74) is 3.26. The van der Waals surface area contributed by atoms with Gasteiger partial charge in [-0.05, 0) is 49.4 Å². The van der Waals surface area contributed by atoms with Gasteiger partial charge in [0.2, 0.25) is 0 Å². The van der Waals surface area contributed by atoms with Crippen molar-refractivity contribution in [1.82, 2.24) is 4.90 Å². The van der Waals surface area contributed by atoms with Crippen LogP contribution in [0.25, 0.3) is 0 Å². The molecular weight excluding hydrogens is 362 g/mol. The molecule has 156 valence electrons. The van der Waals surface area contributed by atoms with Crippen LogP contribution in [-0.4, -0.2) is 36.4 Å². The van der Waals surface area contributed by atoms with Crippen LogP contribution >= 0.6 is 0 Å². The molecule has 4 rings (SSSR count). The number of aryl methyl sites for hydroxylation is 1. The molecule has 2 aliphatic rings. The number of hydrogen-bond donors (Lipinski definition) is 1. The molecule has 0 aromatic heterocycles. The molecule has 2 aromatic carbocycles. The second kappa shape index (κ2) is 8.37. The predicted molar refractivity (Wildman–Crippen MR) is 115 cm³/mol. The SMILES string of the molecule is COc1ccc([C@@H]2[C@H]3CCCC[C@@]3(O)CCN2Cc2ccc(C)cc2)cc1OC. The standard InChI is InChI=1S/C25H33NO3/c1-18-7-9-19(10-8-18)17-26-15-14-25(27)13-5-4-6-21(25)24(26)20-11-12-22(28-2)23(16-20)29-3/h7-12,16,21,24,27H,4-6,13-15,17H2,1-3H3/t21-,24-,25-/m1/s1. The molecular formula is C25H33NO3. The van der Waals surface area contributed by atoms with Crippen LogP contribution in [-0.2, 0) is 6.54 Å². The highest BCUT2D eigenvalue weighted by atomic mass is 16.5. The Labute approximate surface area is 174 Å². The Morgan fingerprint density at radius 2 is 1.76 bits per heavy atom. The van der Waals surface area contributed by atoms with E-state index in [1.165, 1.54) is 23.1 Å². The van der Waals surface area contributed by atoms with E-state index in [-0.39, 0.29) is 12.0 Å². The van der Waals surface area contributed by atoms with Gasteiger partial charge in [-0.2, -0.15) is 0 Å². The molecule has 1 saturated heterocycles. The molecule has 2 aromatic rings. The summed E-state index contributed by atoms with van der Waals surface area (Å²) >= 11 is 0. The van der Waals surface area contributed by atoms with Crippen LogP contribution < -0.4 is 9.47 Å². The lowest BCUT2D eigenvalue weighted by Gasteiger charge is -2.53. The third-order valence-electron chi connectivity index (χ3n) is 6.93. The number of methoxy groups -OCH3 is 2. The number of rotatable bonds is 5. The van der Waals surface area contributed by atoms with E-state index in [1.54, 1.807) is 14.2 Å². The van der Waals surface area contributed by atoms with Crippen LogP contribution in [0, 0.1) is 12.8 Å². The topological polar surface area (TPSA) is 41.9 Å². The zero-order chi connectivity index (χ0) is 20.4. The van der Waals surface area contributed by atoms with Crippen LogP contribution in [0.4, 0.5) is 0 Å². The largest absolute Gasteiger partial charge is 0.493 e. The van der Waals surface area contributed by atoms with Crippen molar-refractivity contribution in [3.05, 3.63) is 59.2 Å². The second-order valence-electron chi connectivity index (χ2n) is 8.72. The normalized spacial score (nSPS) is 27.3.